The molecule has 1 atom stereocenters. The Kier molecular flexibility index (Phi) is 7.55. The van der Waals surface area contributed by atoms with Gasteiger partial charge in [0.15, 0.2) is 0 Å². The summed E-state index contributed by atoms with van der Waals surface area (Å²) < 4.78 is 14.1. The number of carbonyl (C=O) groups excluding carboxylic acids is 2. The molecule has 8 nitrogen and oxygen atoms in total. The van der Waals surface area contributed by atoms with Gasteiger partial charge in [-0.2, -0.15) is 0 Å². The molecule has 2 saturated heterocycles. The minimum absolute atomic E-state index is 0.0565. The third-order valence-electron chi connectivity index (χ3n) is 7.14. The number of rotatable bonds is 6. The second-order valence-corrected chi connectivity index (χ2v) is 9.82. The van der Waals surface area contributed by atoms with E-state index in [0.717, 1.165) is 54.5 Å². The normalized spacial score (nSPS) is 18.8. The van der Waals surface area contributed by atoms with Crippen LogP contribution in [0.3, 0.4) is 0 Å². The van der Waals surface area contributed by atoms with Crippen LogP contribution in [0.4, 0.5) is 5.95 Å². The molecule has 2 amide bonds. The minimum atomic E-state index is -0.222. The smallest absolute Gasteiger partial charge is 0.257 e. The lowest BCUT2D eigenvalue weighted by Gasteiger charge is -2.27. The number of aryl methyl sites for hydroxylation is 1. The molecule has 2 aromatic carbocycles. The zero-order chi connectivity index (χ0) is 25.8. The van der Waals surface area contributed by atoms with E-state index < -0.39 is 0 Å². The van der Waals surface area contributed by atoms with E-state index in [9.17, 15) is 9.59 Å². The van der Waals surface area contributed by atoms with Crippen molar-refractivity contribution in [2.75, 3.05) is 31.6 Å². The highest BCUT2D eigenvalue weighted by Crippen LogP contribution is 2.36. The Morgan fingerprint density at radius 2 is 1.95 bits per heavy atom. The molecule has 2 aliphatic rings. The number of hydrogen-bond acceptors (Lipinski definition) is 5. The summed E-state index contributed by atoms with van der Waals surface area (Å²) >= 11 is 0. The number of nitrogens with one attached hydrogen (secondary N) is 1. The summed E-state index contributed by atoms with van der Waals surface area (Å²) in [6.45, 7) is 8.20. The first kappa shape index (κ1) is 25.0. The van der Waals surface area contributed by atoms with Crippen molar-refractivity contribution in [2.24, 2.45) is 0 Å². The van der Waals surface area contributed by atoms with Gasteiger partial charge in [-0.3, -0.25) is 14.9 Å². The molecule has 0 radical (unpaired) electrons. The number of para-hydroxylation sites is 1. The molecule has 2 fully saturated rings. The van der Waals surface area contributed by atoms with Crippen molar-refractivity contribution in [1.82, 2.24) is 14.5 Å². The highest BCUT2D eigenvalue weighted by molar-refractivity contribution is 6.04. The molecule has 37 heavy (non-hydrogen) atoms. The first-order valence-electron chi connectivity index (χ1n) is 13.1. The van der Waals surface area contributed by atoms with Gasteiger partial charge in [-0.15, -0.1) is 0 Å². The fourth-order valence-corrected chi connectivity index (χ4v) is 5.25. The molecule has 3 heterocycles. The number of amides is 2. The zero-order valence-corrected chi connectivity index (χ0v) is 21.3. The second kappa shape index (κ2) is 11.2. The lowest BCUT2D eigenvalue weighted by molar-refractivity contribution is -0.126. The highest BCUT2D eigenvalue weighted by Gasteiger charge is 2.28. The number of benzene rings is 2. The van der Waals surface area contributed by atoms with Crippen LogP contribution < -0.4 is 10.1 Å². The third kappa shape index (κ3) is 5.54. The Hall–Kier alpha value is -3.65. The van der Waals surface area contributed by atoms with Crippen LogP contribution in [0.5, 0.6) is 5.75 Å². The summed E-state index contributed by atoms with van der Waals surface area (Å²) in [5.41, 5.74) is 3.17. The number of carbonyl (C=O) groups is 2. The first-order chi connectivity index (χ1) is 18.0. The summed E-state index contributed by atoms with van der Waals surface area (Å²) in [7, 11) is 0. The number of aromatic nitrogens is 2. The first-order valence-corrected chi connectivity index (χ1v) is 13.1. The third-order valence-corrected chi connectivity index (χ3v) is 7.14. The van der Waals surface area contributed by atoms with E-state index in [2.05, 4.69) is 16.5 Å². The van der Waals surface area contributed by atoms with E-state index in [-0.39, 0.29) is 24.0 Å². The van der Waals surface area contributed by atoms with Gasteiger partial charge < -0.3 is 18.9 Å². The number of hydrogen-bond donors (Lipinski definition) is 1. The lowest BCUT2D eigenvalue weighted by Crippen LogP contribution is -2.34. The van der Waals surface area contributed by atoms with Crippen LogP contribution in [0.1, 0.15) is 54.1 Å². The maximum atomic E-state index is 13.3. The van der Waals surface area contributed by atoms with Crippen LogP contribution in [-0.4, -0.2) is 58.7 Å². The molecule has 2 aliphatic heterocycles. The molecule has 1 N–H and O–H groups in total. The number of anilines is 1. The van der Waals surface area contributed by atoms with Gasteiger partial charge in [-0.25, -0.2) is 4.98 Å². The second-order valence-electron chi connectivity index (χ2n) is 9.82. The molecule has 0 aliphatic carbocycles. The quantitative estimate of drug-likeness (QED) is 0.485. The Morgan fingerprint density at radius 3 is 2.73 bits per heavy atom. The van der Waals surface area contributed by atoms with Gasteiger partial charge in [-0.1, -0.05) is 30.3 Å². The van der Waals surface area contributed by atoms with Gasteiger partial charge >= 0.3 is 0 Å². The highest BCUT2D eigenvalue weighted by atomic mass is 16.5. The number of likely N-dealkylation sites (tertiary alicyclic amines) is 1. The summed E-state index contributed by atoms with van der Waals surface area (Å²) in [6, 6.07) is 13.2. The minimum Gasteiger partial charge on any atom is -0.488 e. The summed E-state index contributed by atoms with van der Waals surface area (Å²) in [5, 5.41) is 3.06. The largest absolute Gasteiger partial charge is 0.488 e. The van der Waals surface area contributed by atoms with Gasteiger partial charge in [0.2, 0.25) is 11.9 Å². The molecule has 3 aromatic rings. The van der Waals surface area contributed by atoms with Gasteiger partial charge in [0, 0.05) is 31.5 Å². The molecule has 8 heteroatoms. The standard InChI is InChI=1S/C29H34N4O4/c1-3-26(34)32-15-5-4-10-22(19-32)33-27-24(11-7-12-25(27)37-23-13-16-36-17-14-23)30-29(33)31-28(35)21-9-6-8-20(2)18-21/h3,6-9,11-12,18,22-23H,1,4-5,10,13-17,19H2,2H3,(H,30,31,35)/t22-/m1/s1. The van der Waals surface area contributed by atoms with E-state index in [1.165, 1.54) is 6.08 Å². The van der Waals surface area contributed by atoms with Crippen molar-refractivity contribution in [3.63, 3.8) is 0 Å². The van der Waals surface area contributed by atoms with Gasteiger partial charge in [0.05, 0.1) is 24.8 Å². The average Bonchev–Trinajstić information content (AvgIpc) is 3.10. The molecule has 0 spiro atoms. The molecule has 0 unspecified atom stereocenters. The fraction of sp³-hybridized carbons (Fsp3) is 0.414. The predicted molar refractivity (Wildman–Crippen MR) is 143 cm³/mol. The number of fused-ring (bicyclic) bond motifs is 1. The maximum Gasteiger partial charge on any atom is 0.257 e. The predicted octanol–water partition coefficient (Wildman–Crippen LogP) is 4.89. The van der Waals surface area contributed by atoms with Crippen LogP contribution in [-0.2, 0) is 9.53 Å². The van der Waals surface area contributed by atoms with E-state index in [1.54, 1.807) is 6.07 Å². The van der Waals surface area contributed by atoms with Crippen molar-refractivity contribution in [1.29, 1.82) is 0 Å². The Balaban J connectivity index is 1.57. The molecule has 5 rings (SSSR count). The molecule has 0 bridgehead atoms. The van der Waals surface area contributed by atoms with Crippen molar-refractivity contribution >= 4 is 28.8 Å². The maximum absolute atomic E-state index is 13.3. The van der Waals surface area contributed by atoms with E-state index in [4.69, 9.17) is 14.5 Å². The fourth-order valence-electron chi connectivity index (χ4n) is 5.25. The Labute approximate surface area is 217 Å². The van der Waals surface area contributed by atoms with Crippen molar-refractivity contribution in [3.05, 3.63) is 66.2 Å². The summed E-state index contributed by atoms with van der Waals surface area (Å²) in [6.07, 6.45) is 5.80. The van der Waals surface area contributed by atoms with Gasteiger partial charge in [-0.05, 0) is 56.5 Å². The molecule has 0 saturated carbocycles. The van der Waals surface area contributed by atoms with Gasteiger partial charge in [0.1, 0.15) is 17.4 Å². The van der Waals surface area contributed by atoms with Crippen LogP contribution in [0.25, 0.3) is 11.0 Å². The molecule has 1 aromatic heterocycles. The number of imidazole rings is 1. The Morgan fingerprint density at radius 1 is 1.14 bits per heavy atom. The Bertz CT molecular complexity index is 1290. The van der Waals surface area contributed by atoms with Gasteiger partial charge in [0.25, 0.3) is 5.91 Å². The van der Waals surface area contributed by atoms with Crippen LogP contribution in [0.2, 0.25) is 0 Å². The van der Waals surface area contributed by atoms with Crippen molar-refractivity contribution < 1.29 is 19.1 Å². The van der Waals surface area contributed by atoms with Crippen LogP contribution in [0.15, 0.2) is 55.1 Å². The molecule has 194 valence electrons. The van der Waals surface area contributed by atoms with E-state index in [1.807, 2.05) is 48.2 Å². The van der Waals surface area contributed by atoms with Crippen molar-refractivity contribution in [3.8, 4) is 5.75 Å². The topological polar surface area (TPSA) is 85.7 Å². The van der Waals surface area contributed by atoms with Crippen LogP contribution in [0, 0.1) is 6.92 Å². The summed E-state index contributed by atoms with van der Waals surface area (Å²) in [5.74, 6) is 0.890. The van der Waals surface area contributed by atoms with Crippen molar-refractivity contribution in [2.45, 2.75) is 51.2 Å². The number of nitrogens with zero attached hydrogens (tertiary/aromatic N) is 3. The zero-order valence-electron chi connectivity index (χ0n) is 21.3. The summed E-state index contributed by atoms with van der Waals surface area (Å²) in [4.78, 5) is 32.6. The number of ether oxygens (including phenoxy) is 2. The lowest BCUT2D eigenvalue weighted by atomic mass is 10.1. The average molecular weight is 503 g/mol. The monoisotopic (exact) mass is 502 g/mol. The SMILES string of the molecule is C=CC(=O)N1CCCC[C@@H](n2c(NC(=O)c3cccc(C)c3)nc3cccc(OC4CCOCC4)c32)C1. The van der Waals surface area contributed by atoms with E-state index in [0.29, 0.717) is 37.8 Å². The van der Waals surface area contributed by atoms with Crippen LogP contribution >= 0.6 is 0 Å². The van der Waals surface area contributed by atoms with E-state index >= 15 is 0 Å². The molecular formula is C29H34N4O4. The molecular weight excluding hydrogens is 468 g/mol.